The number of carbonyl (C=O) groups excluding carboxylic acids is 1. The summed E-state index contributed by atoms with van der Waals surface area (Å²) in [6, 6.07) is 0.397. The minimum atomic E-state index is 0.259. The van der Waals surface area contributed by atoms with Crippen molar-refractivity contribution in [1.82, 2.24) is 5.32 Å². The van der Waals surface area contributed by atoms with Crippen molar-refractivity contribution in [2.75, 3.05) is 0 Å². The smallest absolute Gasteiger partial charge is 0.159 e. The van der Waals surface area contributed by atoms with Crippen LogP contribution in [0.4, 0.5) is 0 Å². The van der Waals surface area contributed by atoms with Crippen LogP contribution in [0.25, 0.3) is 0 Å². The maximum absolute atomic E-state index is 11.0. The zero-order valence-electron chi connectivity index (χ0n) is 7.68. The normalized spacial score (nSPS) is 22.4. The Labute approximate surface area is 74.0 Å². The minimum Gasteiger partial charge on any atom is -0.388 e. The molecule has 2 nitrogen and oxygen atoms in total. The van der Waals surface area contributed by atoms with Crippen molar-refractivity contribution < 1.29 is 4.79 Å². The summed E-state index contributed by atoms with van der Waals surface area (Å²) >= 11 is 0. The van der Waals surface area contributed by atoms with Gasteiger partial charge in [-0.1, -0.05) is 26.2 Å². The van der Waals surface area contributed by atoms with E-state index in [9.17, 15) is 4.79 Å². The average Bonchev–Trinajstić information content (AvgIpc) is 2.05. The number of rotatable bonds is 4. The zero-order chi connectivity index (χ0) is 8.81. The summed E-state index contributed by atoms with van der Waals surface area (Å²) < 4.78 is 0. The second kappa shape index (κ2) is 4.96. The van der Waals surface area contributed by atoms with Crippen LogP contribution in [0.2, 0.25) is 0 Å². The Morgan fingerprint density at radius 3 is 3.08 bits per heavy atom. The van der Waals surface area contributed by atoms with Crippen LogP contribution in [0, 0.1) is 0 Å². The number of unbranched alkanes of at least 4 members (excludes halogenated alkanes) is 2. The van der Waals surface area contributed by atoms with Gasteiger partial charge in [-0.15, -0.1) is 0 Å². The fraction of sp³-hybridized carbons (Fsp3) is 0.700. The first-order valence-electron chi connectivity index (χ1n) is 4.78. The number of ketones is 1. The van der Waals surface area contributed by atoms with Crippen molar-refractivity contribution in [3.63, 3.8) is 0 Å². The molecule has 0 bridgehead atoms. The van der Waals surface area contributed by atoms with E-state index in [4.69, 9.17) is 0 Å². The quantitative estimate of drug-likeness (QED) is 0.649. The Bertz CT molecular complexity index is 175. The monoisotopic (exact) mass is 167 g/mol. The van der Waals surface area contributed by atoms with Gasteiger partial charge in [-0.05, 0) is 12.5 Å². The molecule has 12 heavy (non-hydrogen) atoms. The number of hydrogen-bond donors (Lipinski definition) is 1. The molecule has 0 fully saturated rings. The molecule has 0 aromatic heterocycles. The number of nitrogens with one attached hydrogen (secondary N) is 1. The molecule has 1 rings (SSSR count). The predicted octanol–water partition coefficient (Wildman–Crippen LogP) is 2.01. The van der Waals surface area contributed by atoms with Crippen LogP contribution in [0.5, 0.6) is 0 Å². The first-order chi connectivity index (χ1) is 5.83. The van der Waals surface area contributed by atoms with Crippen LogP contribution in [-0.2, 0) is 4.79 Å². The summed E-state index contributed by atoms with van der Waals surface area (Å²) in [5, 5.41) is 3.21. The van der Waals surface area contributed by atoms with Gasteiger partial charge in [0.05, 0.1) is 0 Å². The van der Waals surface area contributed by atoms with E-state index in [2.05, 4.69) is 12.2 Å². The Kier molecular flexibility index (Phi) is 3.85. The molecule has 1 heterocycles. The van der Waals surface area contributed by atoms with Crippen LogP contribution in [0.3, 0.4) is 0 Å². The highest BCUT2D eigenvalue weighted by Crippen LogP contribution is 2.09. The maximum Gasteiger partial charge on any atom is 0.159 e. The van der Waals surface area contributed by atoms with Gasteiger partial charge < -0.3 is 5.32 Å². The van der Waals surface area contributed by atoms with Gasteiger partial charge in [-0.2, -0.15) is 0 Å². The highest BCUT2D eigenvalue weighted by molar-refractivity contribution is 5.90. The third-order valence-corrected chi connectivity index (χ3v) is 2.20. The Morgan fingerprint density at radius 1 is 1.58 bits per heavy atom. The molecule has 1 aliphatic heterocycles. The van der Waals surface area contributed by atoms with Crippen LogP contribution in [0.1, 0.15) is 39.0 Å². The summed E-state index contributed by atoms with van der Waals surface area (Å²) in [7, 11) is 0. The molecule has 2 heteroatoms. The van der Waals surface area contributed by atoms with E-state index in [-0.39, 0.29) is 5.78 Å². The average molecular weight is 167 g/mol. The van der Waals surface area contributed by atoms with E-state index in [1.54, 1.807) is 12.3 Å². The van der Waals surface area contributed by atoms with Crippen molar-refractivity contribution in [2.45, 2.75) is 45.1 Å². The molecular formula is C10H17NO. The van der Waals surface area contributed by atoms with Gasteiger partial charge in [0.25, 0.3) is 0 Å². The van der Waals surface area contributed by atoms with Crippen LogP contribution in [0.15, 0.2) is 12.3 Å². The van der Waals surface area contributed by atoms with Crippen LogP contribution < -0.4 is 5.32 Å². The molecule has 0 aromatic rings. The van der Waals surface area contributed by atoms with E-state index in [0.29, 0.717) is 12.5 Å². The zero-order valence-corrected chi connectivity index (χ0v) is 7.68. The third kappa shape index (κ3) is 3.07. The second-order valence-electron chi connectivity index (χ2n) is 3.36. The largest absolute Gasteiger partial charge is 0.388 e. The minimum absolute atomic E-state index is 0.259. The van der Waals surface area contributed by atoms with Gasteiger partial charge in [0, 0.05) is 18.7 Å². The van der Waals surface area contributed by atoms with E-state index < -0.39 is 0 Å². The van der Waals surface area contributed by atoms with Crippen molar-refractivity contribution in [3.05, 3.63) is 12.3 Å². The maximum atomic E-state index is 11.0. The predicted molar refractivity (Wildman–Crippen MR) is 49.8 cm³/mol. The van der Waals surface area contributed by atoms with Crippen molar-refractivity contribution in [2.24, 2.45) is 0 Å². The molecule has 0 saturated carbocycles. The van der Waals surface area contributed by atoms with E-state index in [1.165, 1.54) is 19.3 Å². The number of hydrogen-bond acceptors (Lipinski definition) is 2. The molecular weight excluding hydrogens is 150 g/mol. The lowest BCUT2D eigenvalue weighted by Crippen LogP contribution is -2.30. The van der Waals surface area contributed by atoms with Gasteiger partial charge >= 0.3 is 0 Å². The molecule has 1 N–H and O–H groups in total. The van der Waals surface area contributed by atoms with Crippen molar-refractivity contribution in [1.29, 1.82) is 0 Å². The molecule has 68 valence electrons. The molecule has 1 aliphatic rings. The van der Waals surface area contributed by atoms with Crippen molar-refractivity contribution in [3.8, 4) is 0 Å². The van der Waals surface area contributed by atoms with Gasteiger partial charge in [0.1, 0.15) is 0 Å². The lowest BCUT2D eigenvalue weighted by molar-refractivity contribution is -0.115. The van der Waals surface area contributed by atoms with Gasteiger partial charge in [-0.25, -0.2) is 0 Å². The van der Waals surface area contributed by atoms with Crippen LogP contribution in [-0.4, -0.2) is 11.8 Å². The van der Waals surface area contributed by atoms with Crippen LogP contribution >= 0.6 is 0 Å². The van der Waals surface area contributed by atoms with Crippen molar-refractivity contribution >= 4 is 5.78 Å². The molecule has 0 saturated heterocycles. The summed E-state index contributed by atoms with van der Waals surface area (Å²) in [6.45, 7) is 2.19. The molecule has 0 unspecified atom stereocenters. The second-order valence-corrected chi connectivity index (χ2v) is 3.36. The standard InChI is InChI=1S/C10H17NO/c1-2-3-4-5-9-8-10(12)6-7-11-9/h6-7,9,11H,2-5,8H2,1H3/t9-/m1/s1. The lowest BCUT2D eigenvalue weighted by Gasteiger charge is -2.18. The fourth-order valence-corrected chi connectivity index (χ4v) is 1.47. The molecule has 0 aromatic carbocycles. The first kappa shape index (κ1) is 9.30. The summed E-state index contributed by atoms with van der Waals surface area (Å²) in [5.41, 5.74) is 0. The number of allylic oxidation sites excluding steroid dienone is 1. The molecule has 0 spiro atoms. The number of carbonyl (C=O) groups is 1. The van der Waals surface area contributed by atoms with E-state index >= 15 is 0 Å². The molecule has 0 amide bonds. The Morgan fingerprint density at radius 2 is 2.42 bits per heavy atom. The first-order valence-corrected chi connectivity index (χ1v) is 4.78. The van der Waals surface area contributed by atoms with E-state index in [0.717, 1.165) is 6.42 Å². The molecule has 0 radical (unpaired) electrons. The highest BCUT2D eigenvalue weighted by Gasteiger charge is 2.13. The van der Waals surface area contributed by atoms with Gasteiger partial charge in [-0.3, -0.25) is 4.79 Å². The Balaban J connectivity index is 2.16. The topological polar surface area (TPSA) is 29.1 Å². The summed E-state index contributed by atoms with van der Waals surface area (Å²) in [5.74, 6) is 0.259. The summed E-state index contributed by atoms with van der Waals surface area (Å²) in [6.07, 6.45) is 8.96. The SMILES string of the molecule is CCCCC[C@@H]1CC(=O)C=CN1. The fourth-order valence-electron chi connectivity index (χ4n) is 1.47. The molecule has 0 aliphatic carbocycles. The van der Waals surface area contributed by atoms with Gasteiger partial charge in [0.2, 0.25) is 0 Å². The van der Waals surface area contributed by atoms with Gasteiger partial charge in [0.15, 0.2) is 5.78 Å². The Hall–Kier alpha value is -0.790. The lowest BCUT2D eigenvalue weighted by atomic mass is 10.0. The third-order valence-electron chi connectivity index (χ3n) is 2.20. The van der Waals surface area contributed by atoms with E-state index in [1.807, 2.05) is 0 Å². The molecule has 1 atom stereocenters. The summed E-state index contributed by atoms with van der Waals surface area (Å²) in [4.78, 5) is 11.0. The highest BCUT2D eigenvalue weighted by atomic mass is 16.1.